The largest absolute Gasteiger partial charge is 0.870 e. The van der Waals surface area contributed by atoms with Crippen LogP contribution in [-0.2, 0) is 147 Å². The van der Waals surface area contributed by atoms with Gasteiger partial charge < -0.3 is 181 Å². The van der Waals surface area contributed by atoms with Crippen LogP contribution in [0.3, 0.4) is 0 Å². The van der Waals surface area contributed by atoms with Crippen LogP contribution >= 0.6 is 0 Å². The molecule has 0 saturated heterocycles. The average Bonchev–Trinajstić information content (AvgIpc) is 0. The summed E-state index contributed by atoms with van der Waals surface area (Å²) in [6.07, 6.45) is 0. The first kappa shape index (κ1) is 6420. The van der Waals surface area contributed by atoms with Gasteiger partial charge in [0.1, 0.15) is 0 Å². The first-order chi connectivity index (χ1) is 0. The van der Waals surface area contributed by atoms with E-state index in [1.54, 1.807) is 0 Å². The Bertz CT molecular complexity index is 33.2. The van der Waals surface area contributed by atoms with Crippen LogP contribution in [0.1, 0.15) is 0 Å². The van der Waals surface area contributed by atoms with Crippen molar-refractivity contribution in [3.63, 3.8) is 0 Å². The summed E-state index contributed by atoms with van der Waals surface area (Å²) < 4.78 is 0. The van der Waals surface area contributed by atoms with Crippen LogP contribution in [0.4, 0.5) is 0 Å². The molecule has 0 amide bonds. The molecule has 40 heteroatoms. The zero-order chi connectivity index (χ0) is 0. The Hall–Kier alpha value is 3.50. The van der Waals surface area contributed by atoms with E-state index < -0.39 is 0 Å². The molecule has 33 nitrogen and oxygen atoms in total. The number of quaternary nitrogens is 1. The molecule has 0 bridgehead atoms. The molecule has 54 N–H and O–H groups in total. The van der Waals surface area contributed by atoms with E-state index >= 15 is 0 Å². The Morgan fingerprint density at radius 2 is 0.100 bits per heavy atom. The molecule has 40 heavy (non-hydrogen) atoms. The minimum absolute atomic E-state index is 0. The third kappa shape index (κ3) is 5560. The third-order valence-corrected chi connectivity index (χ3v) is 0. The summed E-state index contributed by atoms with van der Waals surface area (Å²) in [4.78, 5) is 0. The molecule has 0 atom stereocenters. The van der Waals surface area contributed by atoms with Gasteiger partial charge in [-0.25, -0.2) is 0 Å². The normalized spacial score (nSPS) is 0. The molecule has 0 rings (SSSR count). The molecule has 0 aromatic rings. The van der Waals surface area contributed by atoms with Gasteiger partial charge in [0.05, 0.1) is 0 Å². The number of hydrogen-bond donors (Lipinski definition) is 1. The molecule has 0 aliphatic heterocycles. The maximum atomic E-state index is 0. The Balaban J connectivity index is 0. The predicted octanol–water partition coefficient (Wildman–Crippen LogP) is -17.0. The predicted molar refractivity (Wildman–Crippen MR) is 98.1 cm³/mol. The second-order valence-corrected chi connectivity index (χ2v) is 0. The van der Waals surface area contributed by atoms with Crippen molar-refractivity contribution in [1.29, 1.82) is 0 Å². The van der Waals surface area contributed by atoms with Gasteiger partial charge in [0.15, 0.2) is 0 Å². The van der Waals surface area contributed by atoms with E-state index in [0.717, 1.165) is 0 Å². The Labute approximate surface area is 326 Å². The Morgan fingerprint density at radius 3 is 0.100 bits per heavy atom. The van der Waals surface area contributed by atoms with Crippen molar-refractivity contribution in [2.75, 3.05) is 0 Å². The zero-order valence-corrected chi connectivity index (χ0v) is 33.2. The molecule has 0 heterocycles. The molecule has 306 valence electrons. The molecule has 0 unspecified atom stereocenters. The first-order valence-electron chi connectivity index (χ1n) is 0. The van der Waals surface area contributed by atoms with Gasteiger partial charge in [-0.05, 0) is 0 Å². The second kappa shape index (κ2) is 5980. The molecule has 0 aliphatic carbocycles. The van der Waals surface area contributed by atoms with Crippen molar-refractivity contribution in [3.05, 3.63) is 0 Å². The Morgan fingerprint density at radius 1 is 0.100 bits per heavy atom. The van der Waals surface area contributed by atoms with Crippen LogP contribution in [0, 0.1) is 0 Å². The minimum Gasteiger partial charge on any atom is -0.870 e. The summed E-state index contributed by atoms with van der Waals surface area (Å²) in [6, 6.07) is 0. The maximum Gasteiger partial charge on any atom is 0 e. The van der Waals surface area contributed by atoms with Gasteiger partial charge in [0, 0.05) is 147 Å². The van der Waals surface area contributed by atoms with E-state index in [0.29, 0.717) is 0 Å². The fourth-order valence-electron chi connectivity index (χ4n) is 0. The number of hydrogen-bond acceptors (Lipinski definition) is 14. The molecule has 0 aromatic carbocycles. The van der Waals surface area contributed by atoms with Gasteiger partial charge >= 0.3 is 0 Å². The molecule has 0 radical (unpaired) electrons. The summed E-state index contributed by atoms with van der Waals surface area (Å²) in [5.74, 6) is 0. The van der Waals surface area contributed by atoms with Crippen LogP contribution in [0.2, 0.25) is 0 Å². The fourth-order valence-corrected chi connectivity index (χ4v) is 0. The summed E-state index contributed by atoms with van der Waals surface area (Å²) in [5, 5.41) is 0. The van der Waals surface area contributed by atoms with Crippen molar-refractivity contribution in [1.82, 2.24) is 6.15 Å². The van der Waals surface area contributed by atoms with Gasteiger partial charge in [-0.15, -0.1) is 0 Å². The van der Waals surface area contributed by atoms with Crippen molar-refractivity contribution >= 4 is 0 Å². The van der Waals surface area contributed by atoms with E-state index in [1.165, 1.54) is 0 Å². The van der Waals surface area contributed by atoms with Crippen molar-refractivity contribution < 1.29 is 323 Å². The molecule has 0 aromatic heterocycles. The molecule has 0 aliphatic rings. The topological polar surface area (TPSA) is 1020 Å². The van der Waals surface area contributed by atoms with Crippen molar-refractivity contribution in [2.45, 2.75) is 0 Å². The van der Waals surface area contributed by atoms with Gasteiger partial charge in [0.2, 0.25) is 0 Å². The molecule has 0 saturated carbocycles. The summed E-state index contributed by atoms with van der Waals surface area (Å²) in [7, 11) is 0. The fraction of sp³-hybridized carbons (Fsp3) is 0. The van der Waals surface area contributed by atoms with Crippen LogP contribution in [0.15, 0.2) is 0 Å². The van der Waals surface area contributed by atoms with Crippen LogP contribution in [-0.4, -0.2) is 175 Å². The minimum atomic E-state index is 0. The standard InChI is InChI=1S/7Mo.H3N.32H2O/h;;;;;;;1H3;32*1H2/p-13. The van der Waals surface area contributed by atoms with Gasteiger partial charge in [-0.1, -0.05) is 0 Å². The van der Waals surface area contributed by atoms with E-state index in [2.05, 4.69) is 0 Å². The van der Waals surface area contributed by atoms with Crippen LogP contribution < -0.4 is 6.15 Å². The maximum absolute atomic E-state index is 0. The van der Waals surface area contributed by atoms with Crippen LogP contribution in [0.5, 0.6) is 0 Å². The third-order valence-electron chi connectivity index (χ3n) is 0. The van der Waals surface area contributed by atoms with E-state index in [4.69, 9.17) is 0 Å². The van der Waals surface area contributed by atoms with E-state index in [-0.39, 0.29) is 329 Å². The second-order valence-electron chi connectivity index (χ2n) is 0. The van der Waals surface area contributed by atoms with Gasteiger partial charge in [0.25, 0.3) is 0 Å². The van der Waals surface area contributed by atoms with E-state index in [9.17, 15) is 0 Å². The smallest absolute Gasteiger partial charge is 0 e. The zero-order valence-electron chi connectivity index (χ0n) is 19.1. The van der Waals surface area contributed by atoms with Crippen LogP contribution in [0.25, 0.3) is 0 Å². The number of rotatable bonds is 0. The van der Waals surface area contributed by atoms with Gasteiger partial charge in [-0.2, -0.15) is 0 Å². The van der Waals surface area contributed by atoms with Gasteiger partial charge in [-0.3, -0.25) is 0 Å². The Kier molecular flexibility index (Phi) is 960000. The molecule has 0 fully saturated rings. The van der Waals surface area contributed by atoms with Crippen molar-refractivity contribution in [2.24, 2.45) is 0 Å². The molecule has 0 spiro atoms. The summed E-state index contributed by atoms with van der Waals surface area (Å²) in [6.45, 7) is 0. The molecular weight excluding hydrogens is 1200 g/mol. The molecular formula is H54Mo7NO32-13. The summed E-state index contributed by atoms with van der Waals surface area (Å²) >= 11 is 0. The van der Waals surface area contributed by atoms with Crippen molar-refractivity contribution in [3.8, 4) is 0 Å². The monoisotopic (exact) mass is 1270 g/mol. The average molecular weight is 1250 g/mol. The SMILES string of the molecule is O.O.O.O.O.O.O.O.O.O.O.O.O.O.O.O.O.O.[Mo].[Mo].[Mo].[Mo].[Mo].[Mo].[Mo].[NH4+].[OH-].[OH-].[OH-].[OH-].[OH-].[OH-].[OH-].[OH-].[OH-].[OH-].[OH-].[OH-].[OH-].[OH-]. The van der Waals surface area contributed by atoms with E-state index in [1.807, 2.05) is 0 Å². The quantitative estimate of drug-likeness (QED) is 0.220. The first-order valence-corrected chi connectivity index (χ1v) is 0. The summed E-state index contributed by atoms with van der Waals surface area (Å²) in [5.41, 5.74) is 0.